The van der Waals surface area contributed by atoms with Crippen molar-refractivity contribution in [2.75, 3.05) is 16.3 Å². The number of carbonyl (C=O) groups excluding carboxylic acids is 4. The Kier molecular flexibility index (Phi) is 7.04. The highest BCUT2D eigenvalue weighted by atomic mass is 79.9. The van der Waals surface area contributed by atoms with Gasteiger partial charge in [0, 0.05) is 28.3 Å². The number of esters is 1. The van der Waals surface area contributed by atoms with Gasteiger partial charge in [-0.15, -0.1) is 0 Å². The molecule has 2 aromatic rings. The van der Waals surface area contributed by atoms with Crippen LogP contribution in [-0.4, -0.2) is 39.9 Å². The largest absolute Gasteiger partial charge is 0.426 e. The zero-order valence-corrected chi connectivity index (χ0v) is 24.0. The molecule has 194 valence electrons. The molecule has 0 bridgehead atoms. The van der Waals surface area contributed by atoms with Gasteiger partial charge in [0.2, 0.25) is 17.7 Å². The quantitative estimate of drug-likeness (QED) is 0.205. The predicted octanol–water partition coefficient (Wildman–Crippen LogP) is 5.00. The van der Waals surface area contributed by atoms with E-state index in [1.165, 1.54) is 4.90 Å². The van der Waals surface area contributed by atoms with E-state index in [0.29, 0.717) is 29.8 Å². The van der Waals surface area contributed by atoms with Gasteiger partial charge in [-0.2, -0.15) is 0 Å². The molecule has 0 aromatic heterocycles. The number of alkyl halides is 2. The molecule has 2 saturated heterocycles. The summed E-state index contributed by atoms with van der Waals surface area (Å²) in [4.78, 5) is 55.2. The molecule has 2 aliphatic heterocycles. The van der Waals surface area contributed by atoms with Crippen LogP contribution in [-0.2, 0) is 19.2 Å². The lowest BCUT2D eigenvalue weighted by Crippen LogP contribution is -2.34. The molecule has 3 fully saturated rings. The second-order valence-corrected chi connectivity index (χ2v) is 12.6. The second-order valence-electron chi connectivity index (χ2n) is 10.3. The van der Waals surface area contributed by atoms with E-state index in [9.17, 15) is 19.2 Å². The Balaban J connectivity index is 1.29. The van der Waals surface area contributed by atoms with Gasteiger partial charge in [-0.3, -0.25) is 19.2 Å². The van der Waals surface area contributed by atoms with Crippen LogP contribution in [0.3, 0.4) is 0 Å². The van der Waals surface area contributed by atoms with Crippen LogP contribution in [0.2, 0.25) is 0 Å². The van der Waals surface area contributed by atoms with Crippen LogP contribution in [0.1, 0.15) is 36.0 Å². The van der Waals surface area contributed by atoms with Crippen LogP contribution in [0.4, 0.5) is 11.4 Å². The zero-order valence-electron chi connectivity index (χ0n) is 20.9. The first-order valence-electron chi connectivity index (χ1n) is 12.4. The summed E-state index contributed by atoms with van der Waals surface area (Å²) in [5.41, 5.74) is 4.01. The average molecular weight is 632 g/mol. The van der Waals surface area contributed by atoms with Crippen molar-refractivity contribution in [2.45, 2.75) is 49.7 Å². The number of hydrogen-bond acceptors (Lipinski definition) is 5. The minimum absolute atomic E-state index is 0.0893. The molecule has 1 saturated carbocycles. The van der Waals surface area contributed by atoms with Gasteiger partial charge in [0.05, 0.1) is 23.4 Å². The zero-order chi connectivity index (χ0) is 26.6. The summed E-state index contributed by atoms with van der Waals surface area (Å²) < 4.78 is 5.64. The minimum atomic E-state index is -0.577. The van der Waals surface area contributed by atoms with E-state index in [2.05, 4.69) is 31.9 Å². The monoisotopic (exact) mass is 630 g/mol. The van der Waals surface area contributed by atoms with E-state index in [0.717, 1.165) is 16.8 Å². The summed E-state index contributed by atoms with van der Waals surface area (Å²) in [5, 5.41) is 0. The highest BCUT2D eigenvalue weighted by Gasteiger charge is 2.52. The molecule has 5 rings (SSSR count). The second kappa shape index (κ2) is 9.98. The van der Waals surface area contributed by atoms with E-state index in [4.69, 9.17) is 4.74 Å². The maximum atomic E-state index is 13.2. The lowest BCUT2D eigenvalue weighted by Gasteiger charge is -2.29. The van der Waals surface area contributed by atoms with Crippen molar-refractivity contribution in [3.05, 3.63) is 53.1 Å². The maximum absolute atomic E-state index is 13.2. The number of imide groups is 1. The van der Waals surface area contributed by atoms with Crippen molar-refractivity contribution >= 4 is 66.9 Å². The van der Waals surface area contributed by atoms with Crippen molar-refractivity contribution in [1.29, 1.82) is 0 Å². The Morgan fingerprint density at radius 2 is 1.51 bits per heavy atom. The number of anilines is 2. The molecule has 0 N–H and O–H groups in total. The number of benzene rings is 2. The molecule has 2 heterocycles. The van der Waals surface area contributed by atoms with E-state index in [-0.39, 0.29) is 52.2 Å². The normalized spacial score (nSPS) is 27.6. The predicted molar refractivity (Wildman–Crippen MR) is 147 cm³/mol. The third-order valence-electron chi connectivity index (χ3n) is 7.65. The Hall–Kier alpha value is -2.52. The number of amides is 3. The van der Waals surface area contributed by atoms with Crippen molar-refractivity contribution in [2.24, 2.45) is 17.8 Å². The molecule has 3 amide bonds. The van der Waals surface area contributed by atoms with Gasteiger partial charge in [0.25, 0.3) is 0 Å². The number of nitrogens with zero attached hydrogens (tertiary/aromatic N) is 2. The van der Waals surface area contributed by atoms with Gasteiger partial charge in [-0.1, -0.05) is 44.0 Å². The fourth-order valence-electron chi connectivity index (χ4n) is 5.58. The molecular formula is C28H28Br2N2O5. The molecule has 0 unspecified atom stereocenters. The fourth-order valence-corrected chi connectivity index (χ4v) is 6.82. The van der Waals surface area contributed by atoms with Crippen LogP contribution in [0, 0.1) is 38.5 Å². The van der Waals surface area contributed by atoms with Gasteiger partial charge in [-0.05, 0) is 74.6 Å². The molecule has 5 atom stereocenters. The molecule has 0 spiro atoms. The number of fused-ring (bicyclic) bond motifs is 1. The first-order valence-corrected chi connectivity index (χ1v) is 14.2. The van der Waals surface area contributed by atoms with Crippen LogP contribution >= 0.6 is 31.9 Å². The third kappa shape index (κ3) is 4.76. The highest BCUT2D eigenvalue weighted by molar-refractivity contribution is 9.12. The molecule has 2 aromatic carbocycles. The number of ether oxygens (including phenoxy) is 1. The standard InChI is InChI=1S/C28H28Br2N2O5/c1-14-4-5-15(2)24(8-14)31-13-17(10-25(31)33)28(36)37-18-6-7-23(16(3)9-18)32-26(34)19-11-21(29)22(30)12-20(19)27(32)35/h4-9,17,19-22H,10-13H2,1-3H3/t17-,19-,20-,21-,22+/m1/s1. The smallest absolute Gasteiger partial charge is 0.316 e. The Morgan fingerprint density at radius 3 is 2.14 bits per heavy atom. The average Bonchev–Trinajstić information content (AvgIpc) is 3.34. The van der Waals surface area contributed by atoms with E-state index in [1.807, 2.05) is 32.0 Å². The Morgan fingerprint density at radius 1 is 0.865 bits per heavy atom. The Bertz CT molecular complexity index is 1280. The van der Waals surface area contributed by atoms with Crippen molar-refractivity contribution in [3.8, 4) is 5.75 Å². The van der Waals surface area contributed by atoms with Crippen LogP contribution < -0.4 is 14.5 Å². The van der Waals surface area contributed by atoms with Gasteiger partial charge in [0.1, 0.15) is 5.75 Å². The van der Waals surface area contributed by atoms with Gasteiger partial charge in [0.15, 0.2) is 0 Å². The van der Waals surface area contributed by atoms with Crippen molar-refractivity contribution in [1.82, 2.24) is 0 Å². The topological polar surface area (TPSA) is 84.0 Å². The summed E-state index contributed by atoms with van der Waals surface area (Å²) in [7, 11) is 0. The van der Waals surface area contributed by atoms with E-state index >= 15 is 0 Å². The van der Waals surface area contributed by atoms with Gasteiger partial charge >= 0.3 is 5.97 Å². The number of carbonyl (C=O) groups is 4. The summed E-state index contributed by atoms with van der Waals surface area (Å²) >= 11 is 7.23. The summed E-state index contributed by atoms with van der Waals surface area (Å²) in [5.74, 6) is -1.85. The number of aryl methyl sites for hydroxylation is 3. The van der Waals surface area contributed by atoms with Crippen LogP contribution in [0.25, 0.3) is 0 Å². The molecular weight excluding hydrogens is 604 g/mol. The van der Waals surface area contributed by atoms with E-state index < -0.39 is 11.9 Å². The minimum Gasteiger partial charge on any atom is -0.426 e. The first-order chi connectivity index (χ1) is 17.5. The Labute approximate surface area is 232 Å². The van der Waals surface area contributed by atoms with Crippen molar-refractivity contribution in [3.63, 3.8) is 0 Å². The number of hydrogen-bond donors (Lipinski definition) is 0. The van der Waals surface area contributed by atoms with Crippen molar-refractivity contribution < 1.29 is 23.9 Å². The molecule has 7 nitrogen and oxygen atoms in total. The van der Waals surface area contributed by atoms with Gasteiger partial charge in [-0.25, -0.2) is 4.90 Å². The molecule has 37 heavy (non-hydrogen) atoms. The summed E-state index contributed by atoms with van der Waals surface area (Å²) in [6.07, 6.45) is 1.30. The third-order valence-corrected chi connectivity index (χ3v) is 10.4. The molecule has 0 radical (unpaired) electrons. The maximum Gasteiger partial charge on any atom is 0.316 e. The summed E-state index contributed by atoms with van der Waals surface area (Å²) in [6, 6.07) is 10.8. The van der Waals surface area contributed by atoms with E-state index in [1.54, 1.807) is 30.0 Å². The number of rotatable bonds is 4. The fraction of sp³-hybridized carbons (Fsp3) is 0.429. The lowest BCUT2D eigenvalue weighted by molar-refractivity contribution is -0.139. The molecule has 9 heteroatoms. The van der Waals surface area contributed by atoms with Gasteiger partial charge < -0.3 is 9.64 Å². The lowest BCUT2D eigenvalue weighted by atomic mass is 9.81. The molecule has 1 aliphatic carbocycles. The highest BCUT2D eigenvalue weighted by Crippen LogP contribution is 2.45. The van der Waals surface area contributed by atoms with Crippen LogP contribution in [0.5, 0.6) is 5.75 Å². The first kappa shape index (κ1) is 26.1. The molecule has 3 aliphatic rings. The number of halogens is 2. The summed E-state index contributed by atoms with van der Waals surface area (Å²) in [6.45, 7) is 5.97. The SMILES string of the molecule is Cc1ccc(C)c(N2C[C@H](C(=O)Oc3ccc(N4C(=O)[C@@H]5C[C@@H](Br)[C@@H](Br)C[C@H]5C4=O)c(C)c3)CC2=O)c1. The van der Waals surface area contributed by atoms with Crippen LogP contribution in [0.15, 0.2) is 36.4 Å².